The minimum atomic E-state index is 0.539. The molecule has 0 aliphatic rings. The molecule has 0 N–H and O–H groups in total. The van der Waals surface area contributed by atoms with Crippen LogP contribution in [0.15, 0.2) is 170 Å². The third kappa shape index (κ3) is 4.77. The van der Waals surface area contributed by atoms with E-state index in [1.165, 1.54) is 43.1 Å². The minimum Gasteiger partial charge on any atom is -0.252 e. The van der Waals surface area contributed by atoms with Crippen LogP contribution in [-0.4, -0.2) is 19.9 Å². The van der Waals surface area contributed by atoms with Gasteiger partial charge in [-0.1, -0.05) is 146 Å². The van der Waals surface area contributed by atoms with Crippen LogP contribution in [0.25, 0.3) is 99.3 Å². The molecule has 0 bridgehead atoms. The third-order valence-corrected chi connectivity index (χ3v) is 9.72. The topological polar surface area (TPSA) is 51.6 Å². The number of hydrogen-bond acceptors (Lipinski definition) is 4. The lowest BCUT2D eigenvalue weighted by Gasteiger charge is -2.11. The van der Waals surface area contributed by atoms with Gasteiger partial charge in [0.2, 0.25) is 0 Å². The Morgan fingerprint density at radius 1 is 0.280 bits per heavy atom. The predicted molar refractivity (Wildman–Crippen MR) is 207 cm³/mol. The van der Waals surface area contributed by atoms with Crippen LogP contribution in [-0.2, 0) is 0 Å². The lowest BCUT2D eigenvalue weighted by atomic mass is 9.96. The number of nitrogens with zero attached hydrogens (tertiary/aromatic N) is 4. The first kappa shape index (κ1) is 28.3. The zero-order valence-electron chi connectivity index (χ0n) is 27.0. The molecule has 0 amide bonds. The molecule has 0 saturated heterocycles. The molecule has 0 aliphatic carbocycles. The summed E-state index contributed by atoms with van der Waals surface area (Å²) in [6.45, 7) is 0. The lowest BCUT2D eigenvalue weighted by Crippen LogP contribution is -2.01. The molecule has 0 saturated carbocycles. The van der Waals surface area contributed by atoms with Crippen LogP contribution in [0.1, 0.15) is 0 Å². The van der Waals surface area contributed by atoms with Crippen molar-refractivity contribution in [1.29, 1.82) is 0 Å². The second kappa shape index (κ2) is 11.4. The first-order valence-corrected chi connectivity index (χ1v) is 16.8. The Morgan fingerprint density at radius 3 is 1.62 bits per heavy atom. The van der Waals surface area contributed by atoms with E-state index < -0.39 is 0 Å². The van der Waals surface area contributed by atoms with Crippen molar-refractivity contribution in [3.05, 3.63) is 170 Å². The molecule has 10 rings (SSSR count). The highest BCUT2D eigenvalue weighted by atomic mass is 15.0. The molecule has 10 aromatic rings. The molecular weight excluding hydrogens is 609 g/mol. The van der Waals surface area contributed by atoms with Gasteiger partial charge in [0.05, 0.1) is 0 Å². The highest BCUT2D eigenvalue weighted by Gasteiger charge is 2.15. The Morgan fingerprint density at radius 2 is 0.820 bits per heavy atom. The van der Waals surface area contributed by atoms with Gasteiger partial charge in [-0.3, -0.25) is 4.98 Å². The molecule has 2 heterocycles. The van der Waals surface area contributed by atoms with E-state index in [2.05, 4.69) is 133 Å². The van der Waals surface area contributed by atoms with Crippen LogP contribution in [0.3, 0.4) is 0 Å². The van der Waals surface area contributed by atoms with Crippen molar-refractivity contribution in [2.45, 2.75) is 0 Å². The monoisotopic (exact) mass is 636 g/mol. The van der Waals surface area contributed by atoms with Crippen LogP contribution < -0.4 is 0 Å². The molecule has 2 aromatic heterocycles. The van der Waals surface area contributed by atoms with E-state index in [0.717, 1.165) is 33.0 Å². The normalized spacial score (nSPS) is 11.6. The highest BCUT2D eigenvalue weighted by Crippen LogP contribution is 2.34. The maximum Gasteiger partial charge on any atom is 0.182 e. The fraction of sp³-hybridized carbons (Fsp3) is 0. The molecule has 0 fully saturated rings. The number of hydrogen-bond donors (Lipinski definition) is 0. The zero-order chi connectivity index (χ0) is 33.0. The van der Waals surface area contributed by atoms with Gasteiger partial charge < -0.3 is 0 Å². The van der Waals surface area contributed by atoms with Gasteiger partial charge in [-0.2, -0.15) is 0 Å². The van der Waals surface area contributed by atoms with Crippen molar-refractivity contribution in [3.63, 3.8) is 0 Å². The largest absolute Gasteiger partial charge is 0.252 e. The van der Waals surface area contributed by atoms with Gasteiger partial charge in [0, 0.05) is 22.7 Å². The van der Waals surface area contributed by atoms with Crippen molar-refractivity contribution < 1.29 is 0 Å². The summed E-state index contributed by atoms with van der Waals surface area (Å²) in [6.07, 6.45) is 1.96. The first-order chi connectivity index (χ1) is 24.7. The number of aromatic nitrogens is 4. The summed E-state index contributed by atoms with van der Waals surface area (Å²) < 4.78 is 0. The van der Waals surface area contributed by atoms with E-state index >= 15 is 0 Å². The molecule has 0 atom stereocenters. The summed E-state index contributed by atoms with van der Waals surface area (Å²) in [5.74, 6) is 1.76. The average Bonchev–Trinajstić information content (AvgIpc) is 3.20. The van der Waals surface area contributed by atoms with E-state index in [1.54, 1.807) is 0 Å². The minimum absolute atomic E-state index is 0.539. The molecule has 8 aromatic carbocycles. The Labute approximate surface area is 288 Å². The van der Waals surface area contributed by atoms with Crippen molar-refractivity contribution in [1.82, 2.24) is 19.9 Å². The third-order valence-electron chi connectivity index (χ3n) is 9.72. The Kier molecular flexibility index (Phi) is 6.46. The smallest absolute Gasteiger partial charge is 0.182 e. The van der Waals surface area contributed by atoms with Gasteiger partial charge in [0.1, 0.15) is 5.69 Å². The van der Waals surface area contributed by atoms with E-state index in [-0.39, 0.29) is 0 Å². The maximum absolute atomic E-state index is 5.05. The second-order valence-corrected chi connectivity index (χ2v) is 12.7. The lowest BCUT2D eigenvalue weighted by molar-refractivity contribution is 1.06. The summed E-state index contributed by atoms with van der Waals surface area (Å²) in [5.41, 5.74) is 4.79. The molecule has 0 unspecified atom stereocenters. The van der Waals surface area contributed by atoms with Gasteiger partial charge in [0.15, 0.2) is 17.5 Å². The molecule has 50 heavy (non-hydrogen) atoms. The van der Waals surface area contributed by atoms with E-state index in [9.17, 15) is 0 Å². The number of fused-ring (bicyclic) bond motifs is 8. The molecule has 4 heteroatoms. The van der Waals surface area contributed by atoms with Gasteiger partial charge in [-0.25, -0.2) is 15.0 Å². The predicted octanol–water partition coefficient (Wildman–Crippen LogP) is 11.7. The Bertz CT molecular complexity index is 2930. The summed E-state index contributed by atoms with van der Waals surface area (Å²) in [4.78, 5) is 20.0. The molecule has 0 aliphatic heterocycles. The van der Waals surface area contributed by atoms with Crippen LogP contribution in [0.2, 0.25) is 0 Å². The van der Waals surface area contributed by atoms with Crippen LogP contribution in [0, 0.1) is 0 Å². The van der Waals surface area contributed by atoms with Gasteiger partial charge in [-0.05, 0) is 77.8 Å². The fourth-order valence-corrected chi connectivity index (χ4v) is 7.19. The molecule has 0 spiro atoms. The SMILES string of the molecule is c1ccc(-c2nc(-c3cccc(-c4ccc5ccc6ccccc6c5c4)c3)nc(-c3cc4ccc5c6ccccc6ccc5c4cn3)n2)cc1. The molecular formula is C46H28N4. The maximum atomic E-state index is 5.05. The highest BCUT2D eigenvalue weighted by molar-refractivity contribution is 6.17. The average molecular weight is 637 g/mol. The van der Waals surface area contributed by atoms with E-state index in [0.29, 0.717) is 23.2 Å². The zero-order valence-corrected chi connectivity index (χ0v) is 27.0. The Balaban J connectivity index is 1.11. The summed E-state index contributed by atoms with van der Waals surface area (Å²) >= 11 is 0. The van der Waals surface area contributed by atoms with Crippen LogP contribution in [0.5, 0.6) is 0 Å². The molecule has 4 nitrogen and oxygen atoms in total. The fourth-order valence-electron chi connectivity index (χ4n) is 7.19. The van der Waals surface area contributed by atoms with E-state index in [1.807, 2.05) is 36.5 Å². The van der Waals surface area contributed by atoms with Crippen molar-refractivity contribution in [2.24, 2.45) is 0 Å². The van der Waals surface area contributed by atoms with Crippen molar-refractivity contribution in [2.75, 3.05) is 0 Å². The van der Waals surface area contributed by atoms with Crippen molar-refractivity contribution in [3.8, 4) is 45.4 Å². The first-order valence-electron chi connectivity index (χ1n) is 16.8. The summed E-state index contributed by atoms with van der Waals surface area (Å²) in [6, 6.07) is 57.5. The number of rotatable bonds is 4. The quantitative estimate of drug-likeness (QED) is 0.180. The van der Waals surface area contributed by atoms with Gasteiger partial charge in [0.25, 0.3) is 0 Å². The van der Waals surface area contributed by atoms with Gasteiger partial charge in [-0.15, -0.1) is 0 Å². The number of pyridine rings is 1. The summed E-state index contributed by atoms with van der Waals surface area (Å²) in [5, 5.41) is 12.0. The van der Waals surface area contributed by atoms with Gasteiger partial charge >= 0.3 is 0 Å². The second-order valence-electron chi connectivity index (χ2n) is 12.7. The van der Waals surface area contributed by atoms with Crippen molar-refractivity contribution >= 4 is 53.9 Å². The Hall–Kier alpha value is -6.78. The van der Waals surface area contributed by atoms with Crippen LogP contribution >= 0.6 is 0 Å². The molecule has 0 radical (unpaired) electrons. The summed E-state index contributed by atoms with van der Waals surface area (Å²) in [7, 11) is 0. The number of benzene rings is 8. The van der Waals surface area contributed by atoms with E-state index in [4.69, 9.17) is 19.9 Å². The standard InChI is InChI=1S/C46H28N4/c1-2-11-32(12-3-1)44-48-45(36-14-8-13-33(25-36)34-20-19-31-18-17-29-9-5-7-16-38(29)41(31)26-34)50-46(49-44)43-27-35-22-24-39-37-15-6-4-10-30(37)21-23-40(39)42(35)28-47-43/h1-28H. The molecule has 232 valence electrons. The van der Waals surface area contributed by atoms with Crippen LogP contribution in [0.4, 0.5) is 0 Å².